The van der Waals surface area contributed by atoms with Crippen LogP contribution >= 0.6 is 23.4 Å². The number of hydrogen-bond donors (Lipinski definition) is 1. The van der Waals surface area contributed by atoms with Crippen LogP contribution in [-0.2, 0) is 4.79 Å². The van der Waals surface area contributed by atoms with E-state index in [1.807, 2.05) is 54.6 Å². The number of nitrogens with zero attached hydrogens (tertiary/aromatic N) is 2. The van der Waals surface area contributed by atoms with Crippen molar-refractivity contribution >= 4 is 46.4 Å². The summed E-state index contributed by atoms with van der Waals surface area (Å²) in [6.45, 7) is -0.178. The lowest BCUT2D eigenvalue weighted by molar-refractivity contribution is -0.123. The van der Waals surface area contributed by atoms with E-state index in [1.54, 1.807) is 18.3 Å². The van der Waals surface area contributed by atoms with E-state index in [1.165, 1.54) is 18.0 Å². The molecule has 8 heteroatoms. The molecular weight excluding hydrogens is 422 g/mol. The van der Waals surface area contributed by atoms with Gasteiger partial charge < -0.3 is 9.15 Å². The number of furan rings is 1. The molecule has 1 N–H and O–H groups in total. The molecule has 0 saturated heterocycles. The van der Waals surface area contributed by atoms with Gasteiger partial charge in [-0.3, -0.25) is 9.78 Å². The highest BCUT2D eigenvalue weighted by Gasteiger charge is 2.07. The van der Waals surface area contributed by atoms with Crippen molar-refractivity contribution < 1.29 is 13.9 Å². The zero-order valence-corrected chi connectivity index (χ0v) is 17.2. The maximum Gasteiger partial charge on any atom is 0.277 e. The lowest BCUT2D eigenvalue weighted by atomic mass is 10.2. The van der Waals surface area contributed by atoms with Crippen LogP contribution < -0.4 is 10.2 Å². The van der Waals surface area contributed by atoms with E-state index in [-0.39, 0.29) is 12.5 Å². The monoisotopic (exact) mass is 437 g/mol. The minimum Gasteiger partial charge on any atom is -0.481 e. The third-order valence-electron chi connectivity index (χ3n) is 3.97. The molecule has 0 spiro atoms. The molecule has 30 heavy (non-hydrogen) atoms. The van der Waals surface area contributed by atoms with Crippen LogP contribution in [0.15, 0.2) is 92.4 Å². The van der Waals surface area contributed by atoms with Crippen molar-refractivity contribution in [3.8, 4) is 5.75 Å². The van der Waals surface area contributed by atoms with E-state index >= 15 is 0 Å². The zero-order valence-electron chi connectivity index (χ0n) is 15.6. The Balaban J connectivity index is 1.28. The van der Waals surface area contributed by atoms with Crippen LogP contribution in [0.4, 0.5) is 0 Å². The van der Waals surface area contributed by atoms with Gasteiger partial charge in [0.1, 0.15) is 17.0 Å². The number of para-hydroxylation sites is 1. The summed E-state index contributed by atoms with van der Waals surface area (Å²) < 4.78 is 11.2. The molecule has 1 amide bonds. The number of hydrogen-bond acceptors (Lipinski definition) is 6. The Bertz CT molecular complexity index is 1190. The summed E-state index contributed by atoms with van der Waals surface area (Å²) in [7, 11) is 0. The Kier molecular flexibility index (Phi) is 6.32. The van der Waals surface area contributed by atoms with Gasteiger partial charge in [0, 0.05) is 21.5 Å². The summed E-state index contributed by atoms with van der Waals surface area (Å²) in [5, 5.41) is 6.24. The topological polar surface area (TPSA) is 76.7 Å². The van der Waals surface area contributed by atoms with Gasteiger partial charge in [-0.2, -0.15) is 5.10 Å². The number of halogens is 1. The maximum absolute atomic E-state index is 12.0. The number of pyridine rings is 1. The van der Waals surface area contributed by atoms with E-state index in [9.17, 15) is 4.79 Å². The molecule has 2 aromatic carbocycles. The molecule has 0 unspecified atom stereocenters. The smallest absolute Gasteiger partial charge is 0.277 e. The van der Waals surface area contributed by atoms with Gasteiger partial charge >= 0.3 is 0 Å². The molecule has 6 nitrogen and oxygen atoms in total. The molecule has 0 atom stereocenters. The second-order valence-corrected chi connectivity index (χ2v) is 7.64. The van der Waals surface area contributed by atoms with Crippen LogP contribution in [-0.4, -0.2) is 23.7 Å². The van der Waals surface area contributed by atoms with Crippen LogP contribution in [0.2, 0.25) is 5.02 Å². The number of aromatic nitrogens is 1. The lowest BCUT2D eigenvalue weighted by Gasteiger charge is -2.07. The molecular formula is C22H16ClN3O3S. The fraction of sp³-hybridized carbons (Fsp3) is 0.0455. The van der Waals surface area contributed by atoms with Crippen molar-refractivity contribution in [3.63, 3.8) is 0 Å². The highest BCUT2D eigenvalue weighted by atomic mass is 35.5. The number of benzene rings is 2. The highest BCUT2D eigenvalue weighted by Crippen LogP contribution is 2.29. The molecule has 0 aliphatic carbocycles. The molecule has 0 radical (unpaired) electrons. The molecule has 4 rings (SSSR count). The molecule has 2 heterocycles. The van der Waals surface area contributed by atoms with E-state index in [4.69, 9.17) is 20.8 Å². The van der Waals surface area contributed by atoms with Gasteiger partial charge in [0.05, 0.1) is 6.21 Å². The van der Waals surface area contributed by atoms with E-state index in [0.29, 0.717) is 27.1 Å². The molecule has 0 bridgehead atoms. The van der Waals surface area contributed by atoms with Gasteiger partial charge in [0.25, 0.3) is 5.91 Å². The third-order valence-corrected chi connectivity index (χ3v) is 5.15. The number of carbonyl (C=O) groups excluding carboxylic acids is 1. The number of ether oxygens (including phenoxy) is 1. The van der Waals surface area contributed by atoms with Gasteiger partial charge in [0.15, 0.2) is 11.7 Å². The maximum atomic E-state index is 12.0. The van der Waals surface area contributed by atoms with Crippen LogP contribution in [0.3, 0.4) is 0 Å². The summed E-state index contributed by atoms with van der Waals surface area (Å²) in [6, 6.07) is 20.4. The first-order chi connectivity index (χ1) is 14.7. The molecule has 2 aromatic heterocycles. The van der Waals surface area contributed by atoms with Crippen molar-refractivity contribution in [1.82, 2.24) is 10.4 Å². The minimum absolute atomic E-state index is 0.178. The first kappa shape index (κ1) is 20.0. The summed E-state index contributed by atoms with van der Waals surface area (Å²) >= 11 is 7.35. The fourth-order valence-corrected chi connectivity index (χ4v) is 3.52. The van der Waals surface area contributed by atoms with Gasteiger partial charge in [0.2, 0.25) is 0 Å². The van der Waals surface area contributed by atoms with Crippen LogP contribution in [0.1, 0.15) is 5.76 Å². The molecule has 0 aliphatic rings. The number of hydrazone groups is 1. The number of carbonyl (C=O) groups is 1. The predicted molar refractivity (Wildman–Crippen MR) is 117 cm³/mol. The van der Waals surface area contributed by atoms with Crippen LogP contribution in [0, 0.1) is 0 Å². The quantitative estimate of drug-likeness (QED) is 0.319. The van der Waals surface area contributed by atoms with Crippen molar-refractivity contribution in [2.45, 2.75) is 9.99 Å². The third kappa shape index (κ3) is 5.20. The Labute approximate surface area is 181 Å². The number of fused-ring (bicyclic) bond motifs is 1. The summed E-state index contributed by atoms with van der Waals surface area (Å²) in [4.78, 5) is 17.3. The number of amides is 1. The minimum atomic E-state index is -0.387. The Morgan fingerprint density at radius 2 is 1.97 bits per heavy atom. The van der Waals surface area contributed by atoms with Crippen LogP contribution in [0.25, 0.3) is 10.9 Å². The van der Waals surface area contributed by atoms with Crippen molar-refractivity contribution in [2.75, 3.05) is 6.61 Å². The fourth-order valence-electron chi connectivity index (χ4n) is 2.61. The normalized spacial score (nSPS) is 11.1. The van der Waals surface area contributed by atoms with Crippen molar-refractivity contribution in [3.05, 3.63) is 83.7 Å². The van der Waals surface area contributed by atoms with Gasteiger partial charge in [-0.1, -0.05) is 41.6 Å². The second-order valence-electron chi connectivity index (χ2n) is 6.13. The predicted octanol–water partition coefficient (Wildman–Crippen LogP) is 5.16. The SMILES string of the molecule is O=C(COc1cccc2cccnc12)N/N=C\c1ccc(Sc2ccc(Cl)cc2)o1. The number of nitrogens with one attached hydrogen (secondary N) is 1. The van der Waals surface area contributed by atoms with Gasteiger partial charge in [-0.15, -0.1) is 0 Å². The Hall–Kier alpha value is -3.29. The summed E-state index contributed by atoms with van der Waals surface area (Å²) in [6.07, 6.45) is 3.12. The van der Waals surface area contributed by atoms with E-state index < -0.39 is 0 Å². The van der Waals surface area contributed by atoms with Crippen molar-refractivity contribution in [2.24, 2.45) is 5.10 Å². The van der Waals surface area contributed by atoms with Crippen LogP contribution in [0.5, 0.6) is 5.75 Å². The Morgan fingerprint density at radius 1 is 1.13 bits per heavy atom. The molecule has 4 aromatic rings. The molecule has 0 aliphatic heterocycles. The molecule has 0 saturated carbocycles. The molecule has 150 valence electrons. The summed E-state index contributed by atoms with van der Waals surface area (Å²) in [5.41, 5.74) is 3.12. The average Bonchev–Trinajstić information content (AvgIpc) is 3.21. The number of rotatable bonds is 7. The second kappa shape index (κ2) is 9.47. The van der Waals surface area contributed by atoms with E-state index in [0.717, 1.165) is 10.3 Å². The highest BCUT2D eigenvalue weighted by molar-refractivity contribution is 7.99. The summed E-state index contributed by atoms with van der Waals surface area (Å²) in [5.74, 6) is 0.676. The zero-order chi connectivity index (χ0) is 20.8. The lowest BCUT2D eigenvalue weighted by Crippen LogP contribution is -2.24. The first-order valence-electron chi connectivity index (χ1n) is 8.99. The largest absolute Gasteiger partial charge is 0.481 e. The molecule has 0 fully saturated rings. The van der Waals surface area contributed by atoms with Gasteiger partial charge in [-0.25, -0.2) is 5.43 Å². The average molecular weight is 438 g/mol. The first-order valence-corrected chi connectivity index (χ1v) is 10.2. The Morgan fingerprint density at radius 3 is 2.83 bits per heavy atom. The van der Waals surface area contributed by atoms with Gasteiger partial charge in [-0.05, 0) is 48.5 Å². The standard InChI is InChI=1S/C22H16ClN3O3S/c23-16-6-9-18(10-7-16)30-21-11-8-17(29-21)13-25-26-20(27)14-28-19-5-1-3-15-4-2-12-24-22(15)19/h1-13H,14H2,(H,26,27)/b25-13-. The van der Waals surface area contributed by atoms with Crippen molar-refractivity contribution in [1.29, 1.82) is 0 Å². The van der Waals surface area contributed by atoms with E-state index in [2.05, 4.69) is 15.5 Å².